The molecule has 5 aliphatic rings. The fourth-order valence-electron chi connectivity index (χ4n) is 12.5. The van der Waals surface area contributed by atoms with Crippen LogP contribution in [-0.2, 0) is 74.3 Å². The summed E-state index contributed by atoms with van der Waals surface area (Å²) in [4.78, 5) is 41.6. The Morgan fingerprint density at radius 3 is 2.33 bits per heavy atom. The average Bonchev–Trinajstić information content (AvgIpc) is 1.29. The van der Waals surface area contributed by atoms with Crippen molar-refractivity contribution in [2.45, 2.75) is 268 Å². The smallest absolute Gasteiger partial charge is 0.308 e. The molecule has 5 N–H and O–H groups in total. The average molecular weight is 1260 g/mol. The molecule has 0 saturated carbocycles. The molecule has 5 aliphatic heterocycles. The number of ether oxygens (including phenoxy) is 10. The summed E-state index contributed by atoms with van der Waals surface area (Å²) in [5, 5.41) is 49.0. The Bertz CT molecular complexity index is 2600. The number of amides is 1. The highest BCUT2D eigenvalue weighted by Gasteiger charge is 2.54. The van der Waals surface area contributed by atoms with E-state index in [2.05, 4.69) is 74.7 Å². The molecule has 2 bridgehead atoms. The first kappa shape index (κ1) is 71.2. The number of nitrogens with one attached hydrogen (secondary N) is 2. The van der Waals surface area contributed by atoms with Gasteiger partial charge in [-0.1, -0.05) is 69.3 Å². The fourth-order valence-corrected chi connectivity index (χ4v) is 13.6. The van der Waals surface area contributed by atoms with E-state index in [1.54, 1.807) is 50.0 Å². The summed E-state index contributed by atoms with van der Waals surface area (Å²) in [7, 11) is 4.69. The molecule has 496 valence electrons. The van der Waals surface area contributed by atoms with Gasteiger partial charge in [0.2, 0.25) is 0 Å². The van der Waals surface area contributed by atoms with Crippen LogP contribution in [0.4, 0.5) is 0 Å². The van der Waals surface area contributed by atoms with Crippen molar-refractivity contribution in [3.05, 3.63) is 66.0 Å². The number of aryl methyl sites for hydroxylation is 2. The predicted octanol–water partition coefficient (Wildman–Crippen LogP) is 6.86. The van der Waals surface area contributed by atoms with Crippen LogP contribution in [0.3, 0.4) is 0 Å². The standard InChI is InChI=1S/C64H104N6O17Si/c1-38-33-43-34-53(87-88(14,15)63(6,7)8)83-49(35-51(73)78-39(2)23-17-16-18-27-48(38)82-52-30-29-46(65-10)40(3)79-52)59(77-13)58(43)86-62-56(74)55(69(11)12)57(41(4)81-62)85-54-36-64(9,76)60(42(5)80-54)84-50(72)28-21-24-44-37-70(68-67-44)32-22-31-66-61(75)45-25-19-20-26-47(45)71/h16-20,25-27,37-43,46,48-49,52-60,62,65,71,74,76H,21-24,28-36H2,1-15H3,(H,66,75)/b17-16+,27-18+/t38-,39-,40-,41-,42+,43-,46+,48+,49-,52+,53?,54+,55-,56-,57-,58+,59+,60+,62+,64-/m1/s1. The number of allylic oxidation sites excluding steroid dienone is 2. The second kappa shape index (κ2) is 31.9. The maximum absolute atomic E-state index is 14.0. The third kappa shape index (κ3) is 19.2. The van der Waals surface area contributed by atoms with Gasteiger partial charge in [-0.25, -0.2) is 0 Å². The van der Waals surface area contributed by atoms with Gasteiger partial charge in [0.25, 0.3) is 5.91 Å². The summed E-state index contributed by atoms with van der Waals surface area (Å²) in [6, 6.07) is 5.83. The number of likely N-dealkylation sites (N-methyl/N-ethyl adjacent to an activating group) is 2. The highest BCUT2D eigenvalue weighted by molar-refractivity contribution is 6.74. The van der Waals surface area contributed by atoms with Gasteiger partial charge in [0.05, 0.1) is 60.3 Å². The van der Waals surface area contributed by atoms with Crippen LogP contribution < -0.4 is 10.6 Å². The number of para-hydroxylation sites is 1. The molecule has 1 unspecified atom stereocenters. The second-order valence-electron chi connectivity index (χ2n) is 26.8. The van der Waals surface area contributed by atoms with Crippen molar-refractivity contribution >= 4 is 26.2 Å². The second-order valence-corrected chi connectivity index (χ2v) is 31.6. The van der Waals surface area contributed by atoms with E-state index in [1.807, 2.05) is 58.1 Å². The van der Waals surface area contributed by atoms with Crippen LogP contribution in [0.15, 0.2) is 54.8 Å². The van der Waals surface area contributed by atoms with Crippen LogP contribution in [0.2, 0.25) is 18.1 Å². The molecule has 24 heteroatoms. The number of cyclic esters (lactones) is 1. The highest BCUT2D eigenvalue weighted by Crippen LogP contribution is 2.44. The van der Waals surface area contributed by atoms with Gasteiger partial charge in [-0.2, -0.15) is 0 Å². The largest absolute Gasteiger partial charge is 0.507 e. The Morgan fingerprint density at radius 1 is 0.909 bits per heavy atom. The molecule has 7 rings (SSSR count). The Kier molecular flexibility index (Phi) is 25.8. The summed E-state index contributed by atoms with van der Waals surface area (Å²) in [6.07, 6.45) is 2.48. The van der Waals surface area contributed by atoms with Crippen molar-refractivity contribution in [3.8, 4) is 5.75 Å². The predicted molar refractivity (Wildman–Crippen MR) is 329 cm³/mol. The number of phenols is 1. The van der Waals surface area contributed by atoms with Crippen LogP contribution >= 0.6 is 0 Å². The zero-order chi connectivity index (χ0) is 64.3. The molecule has 88 heavy (non-hydrogen) atoms. The molecule has 4 fully saturated rings. The van der Waals surface area contributed by atoms with Gasteiger partial charge >= 0.3 is 11.9 Å². The lowest BCUT2D eigenvalue weighted by atomic mass is 9.82. The van der Waals surface area contributed by atoms with Crippen LogP contribution in [0.1, 0.15) is 143 Å². The minimum absolute atomic E-state index is 0.0562. The Hall–Kier alpha value is -4.25. The zero-order valence-electron chi connectivity index (χ0n) is 54.7. The lowest BCUT2D eigenvalue weighted by Gasteiger charge is -2.50. The van der Waals surface area contributed by atoms with Gasteiger partial charge < -0.3 is 82.6 Å². The molecule has 1 amide bonds. The third-order valence-electron chi connectivity index (χ3n) is 18.4. The number of methoxy groups -OCH3 is 1. The van der Waals surface area contributed by atoms with Gasteiger partial charge in [0.1, 0.15) is 42.1 Å². The van der Waals surface area contributed by atoms with Crippen LogP contribution in [-0.4, -0.2) is 206 Å². The van der Waals surface area contributed by atoms with Crippen molar-refractivity contribution in [1.82, 2.24) is 30.5 Å². The molecular formula is C64H104N6O17Si. The number of hydrogen-bond acceptors (Lipinski definition) is 21. The van der Waals surface area contributed by atoms with E-state index in [1.165, 1.54) is 6.07 Å². The normalized spacial score (nSPS) is 36.3. The summed E-state index contributed by atoms with van der Waals surface area (Å²) in [5.41, 5.74) is -0.674. The maximum Gasteiger partial charge on any atom is 0.308 e. The van der Waals surface area contributed by atoms with Gasteiger partial charge in [0, 0.05) is 58.1 Å². The molecule has 2 aromatic rings. The molecular weight excluding hydrogens is 1150 g/mol. The molecule has 0 spiro atoms. The Labute approximate surface area is 522 Å². The topological polar surface area (TPSA) is 271 Å². The first-order valence-electron chi connectivity index (χ1n) is 31.8. The molecule has 4 saturated heterocycles. The monoisotopic (exact) mass is 1260 g/mol. The summed E-state index contributed by atoms with van der Waals surface area (Å²) in [6.45, 7) is 23.0. The summed E-state index contributed by atoms with van der Waals surface area (Å²) >= 11 is 0. The van der Waals surface area contributed by atoms with Crippen LogP contribution in [0.25, 0.3) is 0 Å². The maximum atomic E-state index is 14.0. The lowest BCUT2D eigenvalue weighted by molar-refractivity contribution is -0.343. The molecule has 1 aromatic carbocycles. The third-order valence-corrected chi connectivity index (χ3v) is 22.8. The number of nitrogens with zero attached hydrogens (tertiary/aromatic N) is 4. The van der Waals surface area contributed by atoms with E-state index in [-0.39, 0.29) is 65.5 Å². The van der Waals surface area contributed by atoms with E-state index < -0.39 is 118 Å². The summed E-state index contributed by atoms with van der Waals surface area (Å²) in [5.74, 6) is -1.92. The van der Waals surface area contributed by atoms with Crippen molar-refractivity contribution < 1.29 is 81.5 Å². The lowest BCUT2D eigenvalue weighted by Crippen LogP contribution is -2.65. The number of carbonyl (C=O) groups is 3. The number of phenolic OH excluding ortho intramolecular Hbond substituents is 1. The van der Waals surface area contributed by atoms with E-state index >= 15 is 0 Å². The van der Waals surface area contributed by atoms with Crippen LogP contribution in [0, 0.1) is 11.8 Å². The van der Waals surface area contributed by atoms with E-state index in [4.69, 9.17) is 51.8 Å². The number of aliphatic hydroxyl groups is 2. The first-order chi connectivity index (χ1) is 41.6. The molecule has 6 heterocycles. The minimum atomic E-state index is -2.51. The van der Waals surface area contributed by atoms with E-state index in [0.29, 0.717) is 63.7 Å². The Morgan fingerprint density at radius 2 is 1.65 bits per heavy atom. The van der Waals surface area contributed by atoms with Gasteiger partial charge in [-0.3, -0.25) is 19.1 Å². The zero-order valence-corrected chi connectivity index (χ0v) is 55.7. The molecule has 1 aromatic heterocycles. The quantitative estimate of drug-likeness (QED) is 0.0485. The number of fused-ring (bicyclic) bond motifs is 3. The Balaban J connectivity index is 1.03. The molecule has 23 nitrogen and oxygen atoms in total. The van der Waals surface area contributed by atoms with Gasteiger partial charge in [0.15, 0.2) is 33.3 Å². The first-order valence-corrected chi connectivity index (χ1v) is 34.7. The van der Waals surface area contributed by atoms with Crippen molar-refractivity contribution in [3.63, 3.8) is 0 Å². The minimum Gasteiger partial charge on any atom is -0.507 e. The van der Waals surface area contributed by atoms with Crippen molar-refractivity contribution in [2.75, 3.05) is 34.8 Å². The van der Waals surface area contributed by atoms with Crippen molar-refractivity contribution in [2.24, 2.45) is 11.8 Å². The van der Waals surface area contributed by atoms with Gasteiger partial charge in [-0.05, 0) is 136 Å². The SMILES string of the molecule is CN[C@H]1CC[C@H](O[C@H]2/C=C/C=C/C[C@@H](C)OC(=O)C[C@H]3OC(O[Si](C)(C)C(C)(C)C)C[C@@H](C[C@H]2C)[C@H](O[C@@H]2O[C@H](C)[C@@H](O[C@H]4C[C@@](C)(O)[C@@H](OC(=O)CCCc5cn(CCCNC(=O)c6ccccc6O)nn5)[C@H](C)O4)[C@H](N(C)C)[C@H]2O)[C@H]3OC)O[C@@H]1C. The highest BCUT2D eigenvalue weighted by atomic mass is 28.4. The molecule has 20 atom stereocenters. The number of carbonyl (C=O) groups excluding carboxylic acids is 3. The van der Waals surface area contributed by atoms with Gasteiger partial charge in [-0.15, -0.1) is 5.10 Å². The number of aliphatic hydroxyl groups excluding tert-OH is 1. The number of benzene rings is 1. The summed E-state index contributed by atoms with van der Waals surface area (Å²) < 4.78 is 74.6. The number of rotatable bonds is 21. The number of aromatic nitrogens is 3. The van der Waals surface area contributed by atoms with E-state index in [0.717, 1.165) is 6.42 Å². The van der Waals surface area contributed by atoms with E-state index in [9.17, 15) is 29.7 Å². The van der Waals surface area contributed by atoms with Crippen LogP contribution in [0.5, 0.6) is 5.75 Å². The van der Waals surface area contributed by atoms with Crippen molar-refractivity contribution in [1.29, 1.82) is 0 Å². The fraction of sp³-hybridized carbons (Fsp3) is 0.766. The number of hydrogen-bond donors (Lipinski definition) is 5. The number of esters is 2. The molecule has 0 radical (unpaired) electrons. The molecule has 0 aliphatic carbocycles. The number of aromatic hydroxyl groups is 1.